The van der Waals surface area contributed by atoms with Gasteiger partial charge in [0.25, 0.3) is 0 Å². The largest absolute Gasteiger partial charge is 0.311 e. The topological polar surface area (TPSA) is 3.24 Å². The van der Waals surface area contributed by atoms with Crippen LogP contribution in [-0.2, 0) is 10.8 Å². The van der Waals surface area contributed by atoms with E-state index in [2.05, 4.69) is 219 Å². The van der Waals surface area contributed by atoms with Crippen molar-refractivity contribution < 1.29 is 0 Å². The summed E-state index contributed by atoms with van der Waals surface area (Å²) in [6.07, 6.45) is 0. The van der Waals surface area contributed by atoms with Gasteiger partial charge in [-0.25, -0.2) is 0 Å². The molecule has 0 aromatic heterocycles. The van der Waals surface area contributed by atoms with Gasteiger partial charge in [0.15, 0.2) is 0 Å². The molecule has 1 spiro atoms. The van der Waals surface area contributed by atoms with Gasteiger partial charge < -0.3 is 4.90 Å². The van der Waals surface area contributed by atoms with Crippen molar-refractivity contribution >= 4 is 17.1 Å². The van der Waals surface area contributed by atoms with E-state index < -0.39 is 5.41 Å². The van der Waals surface area contributed by atoms with Gasteiger partial charge in [-0.15, -0.1) is 0 Å². The normalized spacial score (nSPS) is 14.2. The summed E-state index contributed by atoms with van der Waals surface area (Å²) in [5, 5.41) is 0. The smallest absolute Gasteiger partial charge is 0.0719 e. The second-order valence-electron chi connectivity index (χ2n) is 14.9. The minimum atomic E-state index is -0.402. The lowest BCUT2D eigenvalue weighted by Gasteiger charge is -2.46. The number of benzene rings is 8. The molecule has 2 aliphatic rings. The van der Waals surface area contributed by atoms with Crippen LogP contribution in [0.1, 0.15) is 47.2 Å². The molecule has 0 bridgehead atoms. The third-order valence-corrected chi connectivity index (χ3v) is 11.8. The van der Waals surface area contributed by atoms with Crippen molar-refractivity contribution in [1.29, 1.82) is 0 Å². The van der Waals surface area contributed by atoms with Crippen LogP contribution in [0.15, 0.2) is 200 Å². The number of nitrogens with zero attached hydrogens (tertiary/aromatic N) is 1. The van der Waals surface area contributed by atoms with Gasteiger partial charge in [-0.05, 0) is 109 Å². The van der Waals surface area contributed by atoms with Gasteiger partial charge in [-0.3, -0.25) is 0 Å². The van der Waals surface area contributed by atoms with E-state index in [4.69, 9.17) is 0 Å². The predicted octanol–water partition coefficient (Wildman–Crippen LogP) is 13.5. The zero-order valence-corrected chi connectivity index (χ0v) is 30.0. The maximum atomic E-state index is 2.48. The Morgan fingerprint density at radius 2 is 0.698 bits per heavy atom. The highest BCUT2D eigenvalue weighted by Gasteiger charge is 2.53. The molecular formula is C52H39N. The molecule has 0 heterocycles. The first-order valence-electron chi connectivity index (χ1n) is 18.6. The molecule has 8 aromatic rings. The zero-order valence-electron chi connectivity index (χ0n) is 30.0. The van der Waals surface area contributed by atoms with Crippen molar-refractivity contribution in [2.24, 2.45) is 0 Å². The van der Waals surface area contributed by atoms with Crippen molar-refractivity contribution in [3.8, 4) is 33.4 Å². The fourth-order valence-corrected chi connectivity index (χ4v) is 9.30. The van der Waals surface area contributed by atoms with Gasteiger partial charge in [0.05, 0.1) is 5.41 Å². The van der Waals surface area contributed by atoms with Crippen molar-refractivity contribution in [3.05, 3.63) is 234 Å². The van der Waals surface area contributed by atoms with Crippen LogP contribution in [-0.4, -0.2) is 0 Å². The van der Waals surface area contributed by atoms with E-state index in [9.17, 15) is 0 Å². The molecular weight excluding hydrogens is 639 g/mol. The molecule has 0 atom stereocenters. The van der Waals surface area contributed by atoms with Crippen LogP contribution in [0.5, 0.6) is 0 Å². The van der Waals surface area contributed by atoms with Gasteiger partial charge >= 0.3 is 0 Å². The molecule has 0 unspecified atom stereocenters. The third kappa shape index (κ3) is 4.70. The Morgan fingerprint density at radius 3 is 1.28 bits per heavy atom. The average Bonchev–Trinajstić information content (AvgIpc) is 3.52. The monoisotopic (exact) mass is 677 g/mol. The Kier molecular flexibility index (Phi) is 7.13. The van der Waals surface area contributed by atoms with Crippen LogP contribution >= 0.6 is 0 Å². The number of rotatable bonds is 5. The Morgan fingerprint density at radius 1 is 0.302 bits per heavy atom. The molecule has 8 aromatic carbocycles. The van der Waals surface area contributed by atoms with E-state index in [1.54, 1.807) is 0 Å². The maximum Gasteiger partial charge on any atom is 0.0719 e. The Labute approximate surface area is 312 Å². The average molecular weight is 678 g/mol. The van der Waals surface area contributed by atoms with Gasteiger partial charge in [0.2, 0.25) is 0 Å². The van der Waals surface area contributed by atoms with E-state index in [-0.39, 0.29) is 5.41 Å². The Bertz CT molecular complexity index is 2570. The van der Waals surface area contributed by atoms with Crippen LogP contribution in [0, 0.1) is 0 Å². The van der Waals surface area contributed by atoms with E-state index in [0.29, 0.717) is 0 Å². The summed E-state index contributed by atoms with van der Waals surface area (Å²) in [5.74, 6) is 0. The van der Waals surface area contributed by atoms with Crippen molar-refractivity contribution in [1.82, 2.24) is 0 Å². The van der Waals surface area contributed by atoms with Crippen LogP contribution in [0.4, 0.5) is 17.1 Å². The molecule has 1 heteroatoms. The first-order valence-corrected chi connectivity index (χ1v) is 18.6. The lowest BCUT2D eigenvalue weighted by Crippen LogP contribution is -2.40. The molecule has 0 aliphatic heterocycles. The summed E-state index contributed by atoms with van der Waals surface area (Å²) >= 11 is 0. The Hall–Kier alpha value is -6.44. The summed E-state index contributed by atoms with van der Waals surface area (Å²) in [6, 6.07) is 73.7. The maximum absolute atomic E-state index is 2.48. The van der Waals surface area contributed by atoms with Crippen LogP contribution in [0.3, 0.4) is 0 Å². The van der Waals surface area contributed by atoms with E-state index >= 15 is 0 Å². The summed E-state index contributed by atoms with van der Waals surface area (Å²) in [5.41, 5.74) is 18.7. The fourth-order valence-electron chi connectivity index (χ4n) is 9.30. The molecule has 0 radical (unpaired) electrons. The lowest BCUT2D eigenvalue weighted by atomic mass is 9.55. The summed E-state index contributed by atoms with van der Waals surface area (Å²) in [6.45, 7) is 4.77. The lowest BCUT2D eigenvalue weighted by molar-refractivity contribution is 0.563. The van der Waals surface area contributed by atoms with Crippen molar-refractivity contribution in [2.45, 2.75) is 24.7 Å². The summed E-state index contributed by atoms with van der Waals surface area (Å²) in [4.78, 5) is 2.34. The quantitative estimate of drug-likeness (QED) is 0.175. The summed E-state index contributed by atoms with van der Waals surface area (Å²) in [7, 11) is 0. The van der Waals surface area contributed by atoms with Gasteiger partial charge in [-0.1, -0.05) is 172 Å². The number of fused-ring (bicyclic) bond motifs is 9. The van der Waals surface area contributed by atoms with Crippen LogP contribution in [0.25, 0.3) is 33.4 Å². The molecule has 0 N–H and O–H groups in total. The minimum Gasteiger partial charge on any atom is -0.311 e. The standard InChI is InChI=1S/C52H39N/c1-51(2)46-21-11-13-23-48(46)52(49-24-14-12-22-47(49)51)45-20-10-9-19-43(45)44-34-29-39(35-50(44)52)38-27-32-42(33-28-38)53(40-17-7-4-8-18-40)41-30-25-37(26-31-41)36-15-5-3-6-16-36/h3-35H,1-2H3. The highest BCUT2D eigenvalue weighted by molar-refractivity contribution is 5.90. The second kappa shape index (κ2) is 12.1. The van der Waals surface area contributed by atoms with Gasteiger partial charge in [-0.2, -0.15) is 0 Å². The molecule has 252 valence electrons. The molecule has 2 aliphatic carbocycles. The molecule has 10 rings (SSSR count). The highest BCUT2D eigenvalue weighted by atomic mass is 15.1. The van der Waals surface area contributed by atoms with Gasteiger partial charge in [0.1, 0.15) is 0 Å². The van der Waals surface area contributed by atoms with E-state index in [0.717, 1.165) is 17.1 Å². The molecule has 1 nitrogen and oxygen atoms in total. The van der Waals surface area contributed by atoms with Crippen LogP contribution in [0.2, 0.25) is 0 Å². The number of hydrogen-bond donors (Lipinski definition) is 0. The first kappa shape index (κ1) is 31.3. The Balaban J connectivity index is 1.10. The summed E-state index contributed by atoms with van der Waals surface area (Å²) < 4.78 is 0. The minimum absolute atomic E-state index is 0.115. The third-order valence-electron chi connectivity index (χ3n) is 11.8. The van der Waals surface area contributed by atoms with E-state index in [1.807, 2.05) is 0 Å². The van der Waals surface area contributed by atoms with Crippen molar-refractivity contribution in [2.75, 3.05) is 4.90 Å². The fraction of sp³-hybridized carbons (Fsp3) is 0.0769. The first-order chi connectivity index (χ1) is 26.0. The number of para-hydroxylation sites is 1. The molecule has 0 saturated carbocycles. The highest BCUT2D eigenvalue weighted by Crippen LogP contribution is 2.62. The SMILES string of the molecule is CC1(C)c2ccccc2C2(c3ccccc3-c3ccc(-c4ccc(N(c5ccccc5)c5ccc(-c6ccccc6)cc5)cc4)cc32)c2ccccc21. The zero-order chi connectivity index (χ0) is 35.6. The van der Waals surface area contributed by atoms with Crippen LogP contribution < -0.4 is 4.90 Å². The van der Waals surface area contributed by atoms with Gasteiger partial charge in [0, 0.05) is 22.5 Å². The van der Waals surface area contributed by atoms with Crippen molar-refractivity contribution in [3.63, 3.8) is 0 Å². The predicted molar refractivity (Wildman–Crippen MR) is 221 cm³/mol. The molecule has 0 saturated heterocycles. The molecule has 0 fully saturated rings. The molecule has 0 amide bonds. The number of anilines is 3. The number of hydrogen-bond acceptors (Lipinski definition) is 1. The molecule has 53 heavy (non-hydrogen) atoms. The van der Waals surface area contributed by atoms with E-state index in [1.165, 1.54) is 66.8 Å². The second-order valence-corrected chi connectivity index (χ2v) is 14.9.